The smallest absolute Gasteiger partial charge is 0.275 e. The maximum atomic E-state index is 13.8. The maximum Gasteiger partial charge on any atom is 0.275 e. The van der Waals surface area contributed by atoms with E-state index in [4.69, 9.17) is 4.74 Å². The first-order valence-electron chi connectivity index (χ1n) is 16.8. The lowest BCUT2D eigenvalue weighted by molar-refractivity contribution is -0.138. The van der Waals surface area contributed by atoms with E-state index in [1.165, 1.54) is 18.0 Å². The van der Waals surface area contributed by atoms with Gasteiger partial charge in [0, 0.05) is 24.4 Å². The highest BCUT2D eigenvalue weighted by atomic mass is 16.5. The molecule has 4 N–H and O–H groups in total. The summed E-state index contributed by atoms with van der Waals surface area (Å²) in [4.78, 5) is 82.6. The van der Waals surface area contributed by atoms with Crippen molar-refractivity contribution in [3.63, 3.8) is 0 Å². The second-order valence-corrected chi connectivity index (χ2v) is 13.4. The Morgan fingerprint density at radius 1 is 0.880 bits per heavy atom. The maximum absolute atomic E-state index is 13.8. The molecule has 1 fully saturated rings. The van der Waals surface area contributed by atoms with Crippen LogP contribution in [0.4, 0.5) is 0 Å². The Kier molecular flexibility index (Phi) is 12.7. The van der Waals surface area contributed by atoms with Gasteiger partial charge in [-0.25, -0.2) is 4.68 Å². The SMILES string of the molecule is COc1ccc(C[C@@H]2NC(=O)[C@H](CC(C)C)NC(=O)CN(C(=O)Cn3ncc4ccccc4c3=O)C[C@H](C(C)C)NC(=O)[C@@H](C)NC2=O)cc1. The van der Waals surface area contributed by atoms with Crippen molar-refractivity contribution in [2.75, 3.05) is 20.2 Å². The number of methoxy groups -OCH3 is 1. The second-order valence-electron chi connectivity index (χ2n) is 13.4. The van der Waals surface area contributed by atoms with E-state index >= 15 is 0 Å². The van der Waals surface area contributed by atoms with Crippen molar-refractivity contribution in [2.45, 2.75) is 78.2 Å². The number of aromatic nitrogens is 2. The van der Waals surface area contributed by atoms with Gasteiger partial charge in [0.1, 0.15) is 30.4 Å². The van der Waals surface area contributed by atoms with E-state index in [0.29, 0.717) is 16.5 Å². The van der Waals surface area contributed by atoms with E-state index in [1.807, 2.05) is 27.7 Å². The van der Waals surface area contributed by atoms with Gasteiger partial charge in [-0.05, 0) is 48.9 Å². The highest BCUT2D eigenvalue weighted by Gasteiger charge is 2.32. The van der Waals surface area contributed by atoms with Crippen LogP contribution in [-0.2, 0) is 36.9 Å². The fourth-order valence-electron chi connectivity index (χ4n) is 5.67. The number of carbonyl (C=O) groups excluding carboxylic acids is 5. The lowest BCUT2D eigenvalue weighted by atomic mass is 10.0. The third kappa shape index (κ3) is 9.89. The first-order chi connectivity index (χ1) is 23.7. The number of amides is 5. The van der Waals surface area contributed by atoms with E-state index in [-0.39, 0.29) is 31.2 Å². The number of ether oxygens (including phenoxy) is 1. The Bertz CT molecular complexity index is 1760. The highest BCUT2D eigenvalue weighted by Crippen LogP contribution is 2.15. The van der Waals surface area contributed by atoms with E-state index < -0.39 is 72.4 Å². The van der Waals surface area contributed by atoms with Crippen molar-refractivity contribution in [1.29, 1.82) is 0 Å². The predicted molar refractivity (Wildman–Crippen MR) is 187 cm³/mol. The third-order valence-corrected chi connectivity index (χ3v) is 8.63. The van der Waals surface area contributed by atoms with Gasteiger partial charge in [-0.1, -0.05) is 58.0 Å². The fourth-order valence-corrected chi connectivity index (χ4v) is 5.67. The number of benzene rings is 2. The summed E-state index contributed by atoms with van der Waals surface area (Å²) in [6, 6.07) is 10.2. The molecule has 2 heterocycles. The molecule has 0 radical (unpaired) electrons. The van der Waals surface area contributed by atoms with Crippen LogP contribution in [0.1, 0.15) is 46.6 Å². The fraction of sp³-hybridized carbons (Fsp3) is 0.472. The summed E-state index contributed by atoms with van der Waals surface area (Å²) in [6.07, 6.45) is 1.85. The zero-order valence-electron chi connectivity index (χ0n) is 29.4. The number of nitrogens with one attached hydrogen (secondary N) is 4. The van der Waals surface area contributed by atoms with Gasteiger partial charge in [-0.2, -0.15) is 5.10 Å². The summed E-state index contributed by atoms with van der Waals surface area (Å²) in [5.74, 6) is -2.46. The van der Waals surface area contributed by atoms with Crippen molar-refractivity contribution in [3.8, 4) is 5.75 Å². The van der Waals surface area contributed by atoms with Crippen LogP contribution in [0.25, 0.3) is 10.8 Å². The lowest BCUT2D eigenvalue weighted by Gasteiger charge is -2.31. The topological polar surface area (TPSA) is 181 Å². The van der Waals surface area contributed by atoms with E-state index in [1.54, 1.807) is 55.6 Å². The van der Waals surface area contributed by atoms with Crippen molar-refractivity contribution in [1.82, 2.24) is 35.9 Å². The summed E-state index contributed by atoms with van der Waals surface area (Å²) in [6.45, 7) is 8.04. The van der Waals surface area contributed by atoms with Crippen LogP contribution in [0, 0.1) is 11.8 Å². The zero-order valence-corrected chi connectivity index (χ0v) is 29.4. The Morgan fingerprint density at radius 3 is 2.22 bits per heavy atom. The first kappa shape index (κ1) is 37.5. The van der Waals surface area contributed by atoms with Crippen molar-refractivity contribution in [3.05, 3.63) is 70.6 Å². The number of hydrogen-bond donors (Lipinski definition) is 4. The minimum atomic E-state index is -1.07. The quantitative estimate of drug-likeness (QED) is 0.272. The van der Waals surface area contributed by atoms with Gasteiger partial charge < -0.3 is 30.9 Å². The van der Waals surface area contributed by atoms with Crippen molar-refractivity contribution in [2.24, 2.45) is 11.8 Å². The first-order valence-corrected chi connectivity index (χ1v) is 16.8. The average molecular weight is 690 g/mol. The zero-order chi connectivity index (χ0) is 36.5. The summed E-state index contributed by atoms with van der Waals surface area (Å²) in [5, 5.41) is 16.4. The highest BCUT2D eigenvalue weighted by molar-refractivity contribution is 5.95. The minimum absolute atomic E-state index is 0.0160. The Labute approximate surface area is 291 Å². The molecule has 0 saturated carbocycles. The molecule has 14 heteroatoms. The molecule has 50 heavy (non-hydrogen) atoms. The standard InChI is InChI=1S/C36H47N7O7/c1-21(2)15-28-35(48)40-29(16-24-11-13-26(50-6)14-12-24)34(47)38-23(5)33(46)41-30(22(3)4)18-42(19-31(44)39-28)32(45)20-43-36(49)27-10-8-7-9-25(27)17-37-43/h7-14,17,21-23,28-30H,15-16,18-20H2,1-6H3,(H,38,47)(H,39,44)(H,40,48)(H,41,46)/t23-,28+,29+,30-/m1/s1. The molecule has 1 aliphatic heterocycles. The Hall–Kier alpha value is -5.27. The molecule has 14 nitrogen and oxygen atoms in total. The van der Waals surface area contributed by atoms with Crippen LogP contribution in [-0.4, -0.2) is 88.6 Å². The number of nitrogens with zero attached hydrogens (tertiary/aromatic N) is 3. The summed E-state index contributed by atoms with van der Waals surface area (Å²) >= 11 is 0. The van der Waals surface area contributed by atoms with Crippen LogP contribution in [0.5, 0.6) is 5.75 Å². The number of carbonyl (C=O) groups is 5. The van der Waals surface area contributed by atoms with Crippen LogP contribution >= 0.6 is 0 Å². The van der Waals surface area contributed by atoms with Crippen molar-refractivity contribution >= 4 is 40.3 Å². The molecular formula is C36H47N7O7. The normalized spacial score (nSPS) is 21.2. The number of rotatable bonds is 8. The predicted octanol–water partition coefficient (Wildman–Crippen LogP) is 1.15. The molecule has 0 bridgehead atoms. The van der Waals surface area contributed by atoms with Crippen LogP contribution in [0.3, 0.4) is 0 Å². The van der Waals surface area contributed by atoms with E-state index in [9.17, 15) is 28.8 Å². The number of hydrogen-bond acceptors (Lipinski definition) is 8. The molecule has 0 unspecified atom stereocenters. The Morgan fingerprint density at radius 2 is 1.56 bits per heavy atom. The van der Waals surface area contributed by atoms with Gasteiger partial charge >= 0.3 is 0 Å². The molecule has 2 aromatic carbocycles. The van der Waals surface area contributed by atoms with Gasteiger partial charge in [0.2, 0.25) is 29.5 Å². The molecule has 1 aliphatic rings. The van der Waals surface area contributed by atoms with Crippen molar-refractivity contribution < 1.29 is 28.7 Å². The largest absolute Gasteiger partial charge is 0.497 e. The number of fused-ring (bicyclic) bond motifs is 1. The van der Waals surface area contributed by atoms with Gasteiger partial charge in [0.15, 0.2) is 0 Å². The van der Waals surface area contributed by atoms with Crippen LogP contribution < -0.4 is 31.6 Å². The van der Waals surface area contributed by atoms with E-state index in [2.05, 4.69) is 26.4 Å². The van der Waals surface area contributed by atoms with Gasteiger partial charge in [0.25, 0.3) is 5.56 Å². The third-order valence-electron chi connectivity index (χ3n) is 8.63. The lowest BCUT2D eigenvalue weighted by Crippen LogP contribution is -2.57. The summed E-state index contributed by atoms with van der Waals surface area (Å²) in [5.41, 5.74) is 0.273. The molecule has 4 rings (SSSR count). The van der Waals surface area contributed by atoms with Gasteiger partial charge in [-0.15, -0.1) is 0 Å². The Balaban J connectivity index is 1.66. The molecule has 1 saturated heterocycles. The van der Waals surface area contributed by atoms with Crippen LogP contribution in [0.15, 0.2) is 59.5 Å². The molecule has 1 aromatic heterocycles. The van der Waals surface area contributed by atoms with Gasteiger partial charge in [-0.3, -0.25) is 28.8 Å². The monoisotopic (exact) mass is 689 g/mol. The summed E-state index contributed by atoms with van der Waals surface area (Å²) < 4.78 is 6.27. The van der Waals surface area contributed by atoms with E-state index in [0.717, 1.165) is 10.2 Å². The molecular weight excluding hydrogens is 642 g/mol. The molecule has 0 aliphatic carbocycles. The molecule has 4 atom stereocenters. The molecule has 5 amide bonds. The second kappa shape index (κ2) is 16.9. The molecule has 268 valence electrons. The van der Waals surface area contributed by atoms with Gasteiger partial charge in [0.05, 0.1) is 25.2 Å². The molecule has 0 spiro atoms. The average Bonchev–Trinajstić information content (AvgIpc) is 3.07. The molecule has 3 aromatic rings. The van der Waals surface area contributed by atoms with Crippen LogP contribution in [0.2, 0.25) is 0 Å². The minimum Gasteiger partial charge on any atom is -0.497 e. The summed E-state index contributed by atoms with van der Waals surface area (Å²) in [7, 11) is 1.54.